The molecule has 0 atom stereocenters. The molecule has 0 saturated heterocycles. The van der Waals surface area contributed by atoms with E-state index < -0.39 is 11.8 Å². The van der Waals surface area contributed by atoms with Gasteiger partial charge in [0, 0.05) is 5.38 Å². The number of nitrogens with zero attached hydrogens (tertiary/aromatic N) is 2. The third-order valence-corrected chi connectivity index (χ3v) is 3.13. The van der Waals surface area contributed by atoms with E-state index in [9.17, 15) is 9.18 Å². The van der Waals surface area contributed by atoms with Gasteiger partial charge in [-0.05, 0) is 19.1 Å². The largest absolute Gasteiger partial charge is 0.411 e. The molecule has 1 aromatic heterocycles. The number of amides is 2. The highest BCUT2D eigenvalue weighted by molar-refractivity contribution is 7.14. The lowest BCUT2D eigenvalue weighted by Gasteiger charge is -2.05. The molecule has 1 heterocycles. The third kappa shape index (κ3) is 3.29. The normalized spacial score (nSPS) is 11.2. The second-order valence-corrected chi connectivity index (χ2v) is 4.64. The van der Waals surface area contributed by atoms with Crippen LogP contribution in [0.5, 0.6) is 0 Å². The van der Waals surface area contributed by atoms with Crippen LogP contribution in [0.1, 0.15) is 12.6 Å². The highest BCUT2D eigenvalue weighted by Crippen LogP contribution is 2.17. The lowest BCUT2D eigenvalue weighted by Crippen LogP contribution is -2.20. The van der Waals surface area contributed by atoms with E-state index in [2.05, 4.69) is 20.8 Å². The molecule has 0 aliphatic heterocycles. The molecule has 0 aliphatic carbocycles. The molecule has 0 saturated carbocycles. The first-order valence-corrected chi connectivity index (χ1v) is 6.45. The average Bonchev–Trinajstić information content (AvgIpc) is 2.89. The minimum atomic E-state index is -0.602. The van der Waals surface area contributed by atoms with Crippen LogP contribution in [0.4, 0.5) is 20.0 Å². The maximum absolute atomic E-state index is 13.3. The summed E-state index contributed by atoms with van der Waals surface area (Å²) >= 11 is 1.17. The number of carbonyl (C=O) groups excluding carboxylic acids is 1. The molecule has 0 spiro atoms. The molecule has 2 rings (SSSR count). The van der Waals surface area contributed by atoms with Crippen molar-refractivity contribution in [1.29, 1.82) is 0 Å². The number of benzene rings is 1. The van der Waals surface area contributed by atoms with E-state index in [-0.39, 0.29) is 5.69 Å². The summed E-state index contributed by atoms with van der Waals surface area (Å²) in [7, 11) is 0. The van der Waals surface area contributed by atoms with E-state index in [4.69, 9.17) is 5.21 Å². The van der Waals surface area contributed by atoms with E-state index >= 15 is 0 Å². The summed E-state index contributed by atoms with van der Waals surface area (Å²) in [6, 6.07) is 5.24. The molecular weight excluding hydrogens is 283 g/mol. The van der Waals surface area contributed by atoms with E-state index in [1.807, 2.05) is 0 Å². The molecule has 0 radical (unpaired) electrons. The third-order valence-electron chi connectivity index (χ3n) is 2.37. The average molecular weight is 294 g/mol. The van der Waals surface area contributed by atoms with Gasteiger partial charge in [0.1, 0.15) is 17.2 Å². The molecular formula is C12H11FN4O2S. The minimum Gasteiger partial charge on any atom is -0.411 e. The lowest BCUT2D eigenvalue weighted by atomic mass is 10.3. The number of oxime groups is 1. The van der Waals surface area contributed by atoms with Crippen molar-refractivity contribution in [2.45, 2.75) is 6.92 Å². The van der Waals surface area contributed by atoms with Crippen molar-refractivity contribution >= 4 is 33.9 Å². The summed E-state index contributed by atoms with van der Waals surface area (Å²) < 4.78 is 13.3. The van der Waals surface area contributed by atoms with Gasteiger partial charge in [-0.3, -0.25) is 5.32 Å². The number of nitrogens with one attached hydrogen (secondary N) is 2. The van der Waals surface area contributed by atoms with Crippen LogP contribution >= 0.6 is 11.3 Å². The quantitative estimate of drug-likeness (QED) is 0.462. The molecule has 3 N–H and O–H groups in total. The van der Waals surface area contributed by atoms with Crippen molar-refractivity contribution in [3.8, 4) is 0 Å². The number of urea groups is 1. The Morgan fingerprint density at radius 3 is 2.85 bits per heavy atom. The Labute approximate surface area is 118 Å². The van der Waals surface area contributed by atoms with Crippen LogP contribution in [-0.4, -0.2) is 21.9 Å². The van der Waals surface area contributed by atoms with Gasteiger partial charge in [-0.25, -0.2) is 14.2 Å². The summed E-state index contributed by atoms with van der Waals surface area (Å²) in [5.41, 5.74) is 0.873. The fourth-order valence-electron chi connectivity index (χ4n) is 1.36. The van der Waals surface area contributed by atoms with Crippen molar-refractivity contribution in [2.24, 2.45) is 5.16 Å². The Hall–Kier alpha value is -2.48. The van der Waals surface area contributed by atoms with Gasteiger partial charge in [0.05, 0.1) is 5.69 Å². The lowest BCUT2D eigenvalue weighted by molar-refractivity contribution is 0.262. The first kappa shape index (κ1) is 13.9. The smallest absolute Gasteiger partial charge is 0.325 e. The number of para-hydroxylation sites is 1. The minimum absolute atomic E-state index is 0.0786. The highest BCUT2D eigenvalue weighted by Gasteiger charge is 2.10. The first-order valence-electron chi connectivity index (χ1n) is 5.57. The SMILES string of the molecule is CC(=NO)c1csc(NC(=O)Nc2ccccc2F)n1. The Bertz CT molecular complexity index is 656. The molecule has 0 bridgehead atoms. The van der Waals surface area contributed by atoms with Crippen LogP contribution in [0.2, 0.25) is 0 Å². The Morgan fingerprint density at radius 1 is 1.40 bits per heavy atom. The zero-order chi connectivity index (χ0) is 14.5. The molecule has 0 aliphatic rings. The van der Waals surface area contributed by atoms with Crippen LogP contribution in [0.25, 0.3) is 0 Å². The summed E-state index contributed by atoms with van der Waals surface area (Å²) in [6.45, 7) is 1.58. The number of hydrogen-bond acceptors (Lipinski definition) is 5. The van der Waals surface area contributed by atoms with Crippen LogP contribution < -0.4 is 10.6 Å². The Morgan fingerprint density at radius 2 is 2.15 bits per heavy atom. The van der Waals surface area contributed by atoms with Crippen molar-refractivity contribution in [1.82, 2.24) is 4.98 Å². The summed E-state index contributed by atoms with van der Waals surface area (Å²) in [4.78, 5) is 15.7. The molecule has 2 aromatic rings. The van der Waals surface area contributed by atoms with Crippen LogP contribution in [0.3, 0.4) is 0 Å². The van der Waals surface area contributed by atoms with Crippen molar-refractivity contribution in [2.75, 3.05) is 10.6 Å². The van der Waals surface area contributed by atoms with Crippen LogP contribution in [0, 0.1) is 5.82 Å². The van der Waals surface area contributed by atoms with Crippen LogP contribution in [-0.2, 0) is 0 Å². The molecule has 2 amide bonds. The van der Waals surface area contributed by atoms with Gasteiger partial charge in [0.25, 0.3) is 0 Å². The molecule has 0 unspecified atom stereocenters. The van der Waals surface area contributed by atoms with E-state index in [0.29, 0.717) is 16.5 Å². The number of anilines is 2. The number of aromatic nitrogens is 1. The maximum atomic E-state index is 13.3. The second-order valence-electron chi connectivity index (χ2n) is 3.78. The molecule has 8 heteroatoms. The van der Waals surface area contributed by atoms with Gasteiger partial charge in [-0.15, -0.1) is 11.3 Å². The monoisotopic (exact) mass is 294 g/mol. The van der Waals surface area contributed by atoms with Crippen LogP contribution in [0.15, 0.2) is 34.8 Å². The number of hydrogen-bond donors (Lipinski definition) is 3. The first-order chi connectivity index (χ1) is 9.60. The zero-order valence-electron chi connectivity index (χ0n) is 10.4. The predicted molar refractivity (Wildman–Crippen MR) is 75.2 cm³/mol. The van der Waals surface area contributed by atoms with E-state index in [1.165, 1.54) is 29.5 Å². The van der Waals surface area contributed by atoms with E-state index in [0.717, 1.165) is 0 Å². The Balaban J connectivity index is 2.02. The van der Waals surface area contributed by atoms with Gasteiger partial charge in [-0.2, -0.15) is 0 Å². The topological polar surface area (TPSA) is 86.6 Å². The Kier molecular flexibility index (Phi) is 4.26. The predicted octanol–water partition coefficient (Wildman–Crippen LogP) is 3.12. The van der Waals surface area contributed by atoms with Gasteiger partial charge < -0.3 is 10.5 Å². The fraction of sp³-hybridized carbons (Fsp3) is 0.0833. The molecule has 0 fully saturated rings. The summed E-state index contributed by atoms with van der Waals surface area (Å²) in [5.74, 6) is -0.522. The maximum Gasteiger partial charge on any atom is 0.325 e. The molecule has 1 aromatic carbocycles. The standard InChI is InChI=1S/C12H11FN4O2S/c1-7(17-19)10-6-20-12(15-10)16-11(18)14-9-5-3-2-4-8(9)13/h2-6,19H,1H3,(H2,14,15,16,18). The highest BCUT2D eigenvalue weighted by atomic mass is 32.1. The zero-order valence-corrected chi connectivity index (χ0v) is 11.2. The number of thiazole rings is 1. The number of halogens is 1. The summed E-state index contributed by atoms with van der Waals surface area (Å²) in [5, 5.41) is 18.4. The number of carbonyl (C=O) groups is 1. The number of rotatable bonds is 3. The van der Waals surface area contributed by atoms with Gasteiger partial charge in [-0.1, -0.05) is 17.3 Å². The second kappa shape index (κ2) is 6.11. The van der Waals surface area contributed by atoms with Gasteiger partial charge in [0.15, 0.2) is 5.13 Å². The molecule has 20 heavy (non-hydrogen) atoms. The van der Waals surface area contributed by atoms with Crippen molar-refractivity contribution in [3.63, 3.8) is 0 Å². The van der Waals surface area contributed by atoms with E-state index in [1.54, 1.807) is 18.4 Å². The molecule has 6 nitrogen and oxygen atoms in total. The molecule has 104 valence electrons. The van der Waals surface area contributed by atoms with Gasteiger partial charge >= 0.3 is 6.03 Å². The van der Waals surface area contributed by atoms with Crippen molar-refractivity contribution in [3.05, 3.63) is 41.2 Å². The summed E-state index contributed by atoms with van der Waals surface area (Å²) in [6.07, 6.45) is 0. The van der Waals surface area contributed by atoms with Gasteiger partial charge in [0.2, 0.25) is 0 Å². The van der Waals surface area contributed by atoms with Crippen molar-refractivity contribution < 1.29 is 14.4 Å². The fourth-order valence-corrected chi connectivity index (χ4v) is 2.11.